The highest BCUT2D eigenvalue weighted by molar-refractivity contribution is 5.83. The standard InChI is InChI=1S/C21H21N5O/c1-13-25-26(19-10-6-14-4-2-3-5-17(14)19)21(27-13)23-16-8-9-18-15(12-16)7-11-20(22)24-18/h2-5,7-9,11-12,19,21,23H,6,10H2,1H3,(H2,22,24). The predicted molar refractivity (Wildman–Crippen MR) is 107 cm³/mol. The average molecular weight is 359 g/mol. The van der Waals surface area contributed by atoms with Gasteiger partial charge in [0.15, 0.2) is 0 Å². The number of ether oxygens (including phenoxy) is 1. The summed E-state index contributed by atoms with van der Waals surface area (Å²) in [5, 5.41) is 11.2. The van der Waals surface area contributed by atoms with E-state index in [2.05, 4.69) is 45.7 Å². The van der Waals surface area contributed by atoms with Crippen molar-refractivity contribution in [2.75, 3.05) is 11.1 Å². The Balaban J connectivity index is 1.42. The van der Waals surface area contributed by atoms with Crippen LogP contribution in [0.15, 0.2) is 59.7 Å². The molecule has 0 saturated heterocycles. The summed E-state index contributed by atoms with van der Waals surface area (Å²) >= 11 is 0. The molecular weight excluding hydrogens is 338 g/mol. The fraction of sp³-hybridized carbons (Fsp3) is 0.238. The van der Waals surface area contributed by atoms with Crippen molar-refractivity contribution in [1.82, 2.24) is 9.99 Å². The normalized spacial score (nSPS) is 21.1. The summed E-state index contributed by atoms with van der Waals surface area (Å²) in [7, 11) is 0. The minimum Gasteiger partial charge on any atom is -0.436 e. The highest BCUT2D eigenvalue weighted by Crippen LogP contribution is 2.38. The van der Waals surface area contributed by atoms with Crippen LogP contribution in [0.1, 0.15) is 30.5 Å². The second-order valence-corrected chi connectivity index (χ2v) is 7.01. The quantitative estimate of drug-likeness (QED) is 0.742. The predicted octanol–water partition coefficient (Wildman–Crippen LogP) is 3.87. The van der Waals surface area contributed by atoms with Crippen molar-refractivity contribution >= 4 is 28.3 Å². The number of nitrogens with two attached hydrogens (primary N) is 1. The number of rotatable bonds is 3. The number of nitrogens with one attached hydrogen (secondary N) is 1. The maximum atomic E-state index is 5.97. The Morgan fingerprint density at radius 3 is 2.96 bits per heavy atom. The molecule has 1 aromatic heterocycles. The molecule has 3 aromatic rings. The Labute approximate surface area is 157 Å². The van der Waals surface area contributed by atoms with Gasteiger partial charge >= 0.3 is 0 Å². The van der Waals surface area contributed by atoms with E-state index < -0.39 is 0 Å². The number of anilines is 2. The number of nitrogens with zero attached hydrogens (tertiary/aromatic N) is 3. The van der Waals surface area contributed by atoms with E-state index in [0.717, 1.165) is 29.4 Å². The largest absolute Gasteiger partial charge is 0.436 e. The van der Waals surface area contributed by atoms with E-state index in [1.54, 1.807) is 0 Å². The van der Waals surface area contributed by atoms with E-state index in [0.29, 0.717) is 11.7 Å². The Morgan fingerprint density at radius 2 is 2.04 bits per heavy atom. The Hall–Kier alpha value is -3.28. The van der Waals surface area contributed by atoms with Crippen LogP contribution < -0.4 is 11.1 Å². The summed E-state index contributed by atoms with van der Waals surface area (Å²) in [6.07, 6.45) is 1.78. The maximum absolute atomic E-state index is 5.97. The highest BCUT2D eigenvalue weighted by atomic mass is 16.5. The molecule has 2 aliphatic rings. The number of benzene rings is 2. The van der Waals surface area contributed by atoms with E-state index in [1.807, 2.05) is 36.2 Å². The maximum Gasteiger partial charge on any atom is 0.267 e. The van der Waals surface area contributed by atoms with Crippen LogP contribution in [0.2, 0.25) is 0 Å². The molecule has 0 radical (unpaired) electrons. The summed E-state index contributed by atoms with van der Waals surface area (Å²) in [6, 6.07) is 18.6. The zero-order chi connectivity index (χ0) is 18.4. The first-order valence-corrected chi connectivity index (χ1v) is 9.18. The molecule has 0 saturated carbocycles. The number of aromatic nitrogens is 1. The minimum atomic E-state index is -0.333. The molecule has 3 N–H and O–H groups in total. The van der Waals surface area contributed by atoms with Crippen molar-refractivity contribution in [3.05, 3.63) is 65.7 Å². The molecule has 5 rings (SSSR count). The van der Waals surface area contributed by atoms with Crippen LogP contribution in [0.25, 0.3) is 10.9 Å². The van der Waals surface area contributed by atoms with Gasteiger partial charge in [-0.1, -0.05) is 24.3 Å². The van der Waals surface area contributed by atoms with E-state index in [9.17, 15) is 0 Å². The molecule has 27 heavy (non-hydrogen) atoms. The Kier molecular flexibility index (Phi) is 3.63. The molecule has 6 heteroatoms. The van der Waals surface area contributed by atoms with Crippen molar-refractivity contribution in [3.63, 3.8) is 0 Å². The van der Waals surface area contributed by atoms with Gasteiger partial charge in [-0.25, -0.2) is 9.99 Å². The third-order valence-corrected chi connectivity index (χ3v) is 5.20. The third-order valence-electron chi connectivity index (χ3n) is 5.20. The number of nitrogen functional groups attached to an aromatic ring is 1. The lowest BCUT2D eigenvalue weighted by molar-refractivity contribution is 0.0448. The minimum absolute atomic E-state index is 0.220. The van der Waals surface area contributed by atoms with Crippen molar-refractivity contribution in [1.29, 1.82) is 0 Å². The van der Waals surface area contributed by atoms with Crippen LogP contribution in [-0.2, 0) is 11.2 Å². The molecule has 2 unspecified atom stereocenters. The van der Waals surface area contributed by atoms with E-state index in [-0.39, 0.29) is 12.4 Å². The molecule has 1 aliphatic heterocycles. The van der Waals surface area contributed by atoms with Gasteiger partial charge in [0.25, 0.3) is 6.35 Å². The van der Waals surface area contributed by atoms with Gasteiger partial charge in [0.2, 0.25) is 5.90 Å². The second kappa shape index (κ2) is 6.16. The SMILES string of the molecule is CC1=NN(C2CCc3ccccc32)C(Nc2ccc3nc(N)ccc3c2)O1. The van der Waals surface area contributed by atoms with Gasteiger partial charge < -0.3 is 15.8 Å². The van der Waals surface area contributed by atoms with Crippen LogP contribution in [0.5, 0.6) is 0 Å². The van der Waals surface area contributed by atoms with Gasteiger partial charge in [-0.05, 0) is 54.3 Å². The van der Waals surface area contributed by atoms with Crippen LogP contribution in [0.3, 0.4) is 0 Å². The first-order valence-electron chi connectivity index (χ1n) is 9.18. The van der Waals surface area contributed by atoms with Crippen LogP contribution in [-0.4, -0.2) is 22.2 Å². The number of fused-ring (bicyclic) bond motifs is 2. The smallest absolute Gasteiger partial charge is 0.267 e. The molecule has 136 valence electrons. The van der Waals surface area contributed by atoms with Crippen molar-refractivity contribution in [3.8, 4) is 0 Å². The summed E-state index contributed by atoms with van der Waals surface area (Å²) < 4.78 is 5.97. The van der Waals surface area contributed by atoms with Crippen molar-refractivity contribution in [2.45, 2.75) is 32.2 Å². The molecule has 2 atom stereocenters. The van der Waals surface area contributed by atoms with Crippen LogP contribution >= 0.6 is 0 Å². The summed E-state index contributed by atoms with van der Waals surface area (Å²) in [5.74, 6) is 1.20. The molecule has 2 aromatic carbocycles. The number of pyridine rings is 1. The molecule has 0 spiro atoms. The fourth-order valence-electron chi connectivity index (χ4n) is 3.97. The van der Waals surface area contributed by atoms with Gasteiger partial charge in [-0.15, -0.1) is 5.10 Å². The molecule has 0 bridgehead atoms. The molecular formula is C21H21N5O. The van der Waals surface area contributed by atoms with Gasteiger partial charge in [0.1, 0.15) is 5.82 Å². The lowest BCUT2D eigenvalue weighted by Gasteiger charge is -2.29. The highest BCUT2D eigenvalue weighted by Gasteiger charge is 2.36. The second-order valence-electron chi connectivity index (χ2n) is 7.01. The monoisotopic (exact) mass is 359 g/mol. The van der Waals surface area contributed by atoms with Gasteiger partial charge in [-0.2, -0.15) is 0 Å². The molecule has 1 aliphatic carbocycles. The zero-order valence-electron chi connectivity index (χ0n) is 15.1. The first kappa shape index (κ1) is 15.9. The summed E-state index contributed by atoms with van der Waals surface area (Å²) in [5.41, 5.74) is 10.3. The van der Waals surface area contributed by atoms with Crippen LogP contribution in [0.4, 0.5) is 11.5 Å². The molecule has 2 heterocycles. The fourth-order valence-corrected chi connectivity index (χ4v) is 3.97. The van der Waals surface area contributed by atoms with Gasteiger partial charge in [-0.3, -0.25) is 0 Å². The number of hydrogen-bond acceptors (Lipinski definition) is 6. The number of aryl methyl sites for hydroxylation is 1. The van der Waals surface area contributed by atoms with Gasteiger partial charge in [0, 0.05) is 18.0 Å². The van der Waals surface area contributed by atoms with E-state index in [1.165, 1.54) is 11.1 Å². The zero-order valence-corrected chi connectivity index (χ0v) is 15.1. The van der Waals surface area contributed by atoms with Crippen molar-refractivity contribution < 1.29 is 4.74 Å². The Morgan fingerprint density at radius 1 is 1.15 bits per heavy atom. The van der Waals surface area contributed by atoms with E-state index in [4.69, 9.17) is 10.5 Å². The third kappa shape index (κ3) is 2.83. The average Bonchev–Trinajstić information content (AvgIpc) is 3.25. The van der Waals surface area contributed by atoms with Crippen LogP contribution in [0, 0.1) is 0 Å². The van der Waals surface area contributed by atoms with Gasteiger partial charge in [0.05, 0.1) is 11.6 Å². The summed E-state index contributed by atoms with van der Waals surface area (Å²) in [6.45, 7) is 1.89. The first-order chi connectivity index (χ1) is 13.2. The topological polar surface area (TPSA) is 75.8 Å². The Bertz CT molecular complexity index is 1050. The van der Waals surface area contributed by atoms with Crippen molar-refractivity contribution in [2.24, 2.45) is 5.10 Å². The molecule has 6 nitrogen and oxygen atoms in total. The number of hydrogen-bond donors (Lipinski definition) is 2. The lowest BCUT2D eigenvalue weighted by atomic mass is 10.1. The lowest BCUT2D eigenvalue weighted by Crippen LogP contribution is -2.37. The number of hydrazone groups is 1. The summed E-state index contributed by atoms with van der Waals surface area (Å²) in [4.78, 5) is 4.35. The molecule has 0 amide bonds. The molecule has 0 fully saturated rings. The van der Waals surface area contributed by atoms with E-state index >= 15 is 0 Å².